The molecule has 0 radical (unpaired) electrons. The summed E-state index contributed by atoms with van der Waals surface area (Å²) in [6.07, 6.45) is 2.37. The predicted molar refractivity (Wildman–Crippen MR) is 179 cm³/mol. The van der Waals surface area contributed by atoms with E-state index in [1.165, 1.54) is 17.3 Å². The zero-order valence-corrected chi connectivity index (χ0v) is 29.7. The number of ether oxygens (including phenoxy) is 1. The van der Waals surface area contributed by atoms with Gasteiger partial charge in [-0.1, -0.05) is 116 Å². The lowest BCUT2D eigenvalue weighted by Gasteiger charge is -2.43. The second-order valence-corrected chi connectivity index (χ2v) is 23.2. The lowest BCUT2D eigenvalue weighted by Crippen LogP contribution is -2.66. The molecule has 0 aromatic heterocycles. The molecule has 2 rings (SSSR count). The molecule has 0 aliphatic carbocycles. The second kappa shape index (κ2) is 14.5. The minimum Gasteiger partial charge on any atom is -0.458 e. The maximum absolute atomic E-state index is 11.9. The Balaban J connectivity index is 2.28. The number of esters is 1. The summed E-state index contributed by atoms with van der Waals surface area (Å²) in [5.74, 6) is -0.280. The van der Waals surface area contributed by atoms with E-state index in [1.807, 2.05) is 6.92 Å². The van der Waals surface area contributed by atoms with Gasteiger partial charge in [-0.2, -0.15) is 0 Å². The summed E-state index contributed by atoms with van der Waals surface area (Å²) in [4.78, 5) is 11.9. The van der Waals surface area contributed by atoms with Gasteiger partial charge in [-0.25, -0.2) is 0 Å². The van der Waals surface area contributed by atoms with E-state index in [2.05, 4.69) is 129 Å². The first-order chi connectivity index (χ1) is 18.9. The van der Waals surface area contributed by atoms with E-state index < -0.39 is 16.6 Å². The molecule has 4 nitrogen and oxygen atoms in total. The maximum atomic E-state index is 11.9. The Morgan fingerprint density at radius 3 is 1.71 bits per heavy atom. The summed E-state index contributed by atoms with van der Waals surface area (Å²) in [7, 11) is -4.61. The van der Waals surface area contributed by atoms with Crippen LogP contribution in [0.1, 0.15) is 81.6 Å². The van der Waals surface area contributed by atoms with Crippen molar-refractivity contribution in [2.24, 2.45) is 5.92 Å². The summed E-state index contributed by atoms with van der Waals surface area (Å²) < 4.78 is 19.9. The fraction of sp³-hybridized carbons (Fsp3) is 0.571. The first-order valence-corrected chi connectivity index (χ1v) is 20.0. The third-order valence-corrected chi connectivity index (χ3v) is 18.3. The molecule has 2 aromatic carbocycles. The van der Waals surface area contributed by atoms with Crippen LogP contribution in [0.15, 0.2) is 72.8 Å². The number of benzene rings is 2. The standard InChI is InChI=1S/C35H56O4Si2/c1-27(2)33(38-29(4)36)28(3)32(39-40(11,12)34(5,6)7)25-19-20-26-37-41(35(8,9)10,30-21-15-13-16-22-30)31-23-17-14-18-24-31/h13-18,21-24,28,32-33H,1,19-20,25-26H2,2-12H3/t28-,32+,33?/m1/s1. The SMILES string of the molecule is C=C(C)C(OC(C)=O)[C@H](C)[C@H](CCCCO[Si](c1ccccc1)(c1ccccc1)C(C)(C)C)O[Si](C)(C)C(C)(C)C. The Hall–Kier alpha value is -2.00. The Bertz CT molecular complexity index is 1060. The van der Waals surface area contributed by atoms with E-state index in [0.717, 1.165) is 24.8 Å². The monoisotopic (exact) mass is 596 g/mol. The summed E-state index contributed by atoms with van der Waals surface area (Å²) in [6.45, 7) is 28.7. The van der Waals surface area contributed by atoms with Gasteiger partial charge in [0.15, 0.2) is 8.32 Å². The highest BCUT2D eigenvalue weighted by Gasteiger charge is 2.50. The van der Waals surface area contributed by atoms with Gasteiger partial charge >= 0.3 is 5.97 Å². The van der Waals surface area contributed by atoms with Crippen molar-refractivity contribution in [3.8, 4) is 0 Å². The van der Waals surface area contributed by atoms with Crippen molar-refractivity contribution < 1.29 is 18.4 Å². The largest absolute Gasteiger partial charge is 0.458 e. The van der Waals surface area contributed by atoms with Gasteiger partial charge < -0.3 is 13.6 Å². The minimum atomic E-state index is -2.56. The Morgan fingerprint density at radius 1 is 0.829 bits per heavy atom. The normalized spacial score (nSPS) is 15.2. The van der Waals surface area contributed by atoms with Crippen molar-refractivity contribution in [1.82, 2.24) is 0 Å². The van der Waals surface area contributed by atoms with Crippen LogP contribution < -0.4 is 10.4 Å². The molecular formula is C35H56O4Si2. The highest BCUT2D eigenvalue weighted by atomic mass is 28.4. The van der Waals surface area contributed by atoms with Crippen LogP contribution in [-0.4, -0.2) is 41.4 Å². The lowest BCUT2D eigenvalue weighted by molar-refractivity contribution is -0.148. The second-order valence-electron chi connectivity index (χ2n) is 14.2. The fourth-order valence-corrected chi connectivity index (χ4v) is 11.5. The summed E-state index contributed by atoms with van der Waals surface area (Å²) in [6, 6.07) is 21.6. The Kier molecular flexibility index (Phi) is 12.4. The first-order valence-electron chi connectivity index (χ1n) is 15.2. The third-order valence-electron chi connectivity index (χ3n) is 8.71. The number of hydrogen-bond donors (Lipinski definition) is 0. The van der Waals surface area contributed by atoms with E-state index in [-0.39, 0.29) is 34.2 Å². The van der Waals surface area contributed by atoms with Gasteiger partial charge in [-0.05, 0) is 65.3 Å². The fourth-order valence-electron chi connectivity index (χ4n) is 5.45. The summed E-state index contributed by atoms with van der Waals surface area (Å²) in [5, 5.41) is 2.64. The molecule has 228 valence electrons. The first kappa shape index (κ1) is 35.2. The highest BCUT2D eigenvalue weighted by molar-refractivity contribution is 6.99. The van der Waals surface area contributed by atoms with Crippen LogP contribution >= 0.6 is 0 Å². The van der Waals surface area contributed by atoms with Gasteiger partial charge in [0.25, 0.3) is 8.32 Å². The summed E-state index contributed by atoms with van der Waals surface area (Å²) >= 11 is 0. The molecule has 0 N–H and O–H groups in total. The molecule has 0 saturated carbocycles. The number of carbonyl (C=O) groups excluding carboxylic acids is 1. The molecule has 1 unspecified atom stereocenters. The van der Waals surface area contributed by atoms with E-state index in [9.17, 15) is 4.79 Å². The number of hydrogen-bond acceptors (Lipinski definition) is 4. The van der Waals surface area contributed by atoms with Gasteiger partial charge in [0, 0.05) is 19.4 Å². The summed E-state index contributed by atoms with van der Waals surface area (Å²) in [5.41, 5.74) is 0.853. The molecule has 2 aromatic rings. The molecule has 0 heterocycles. The predicted octanol–water partition coefficient (Wildman–Crippen LogP) is 8.27. The van der Waals surface area contributed by atoms with Crippen LogP contribution in [0, 0.1) is 5.92 Å². The van der Waals surface area contributed by atoms with Crippen LogP contribution in [0.3, 0.4) is 0 Å². The molecule has 0 spiro atoms. The van der Waals surface area contributed by atoms with Crippen LogP contribution in [-0.2, 0) is 18.4 Å². The van der Waals surface area contributed by atoms with Crippen LogP contribution in [0.5, 0.6) is 0 Å². The van der Waals surface area contributed by atoms with Crippen molar-refractivity contribution >= 4 is 33.0 Å². The molecule has 0 aliphatic heterocycles. The average molecular weight is 597 g/mol. The van der Waals surface area contributed by atoms with Gasteiger partial charge in [0.05, 0.1) is 6.10 Å². The van der Waals surface area contributed by atoms with E-state index in [0.29, 0.717) is 6.61 Å². The van der Waals surface area contributed by atoms with Crippen molar-refractivity contribution in [3.05, 3.63) is 72.8 Å². The minimum absolute atomic E-state index is 0.00289. The molecule has 41 heavy (non-hydrogen) atoms. The molecule has 0 amide bonds. The van der Waals surface area contributed by atoms with Crippen molar-refractivity contribution in [3.63, 3.8) is 0 Å². The van der Waals surface area contributed by atoms with Crippen molar-refractivity contribution in [2.45, 2.75) is 117 Å². The Labute approximate surface area is 253 Å². The van der Waals surface area contributed by atoms with Crippen molar-refractivity contribution in [2.75, 3.05) is 6.61 Å². The van der Waals surface area contributed by atoms with Crippen LogP contribution in [0.2, 0.25) is 23.2 Å². The van der Waals surface area contributed by atoms with Crippen LogP contribution in [0.25, 0.3) is 0 Å². The number of rotatable bonds is 14. The molecule has 0 bridgehead atoms. The van der Waals surface area contributed by atoms with E-state index in [1.54, 1.807) is 0 Å². The molecule has 0 fully saturated rings. The smallest absolute Gasteiger partial charge is 0.303 e. The topological polar surface area (TPSA) is 44.8 Å². The molecular weight excluding hydrogens is 541 g/mol. The van der Waals surface area contributed by atoms with E-state index >= 15 is 0 Å². The van der Waals surface area contributed by atoms with Gasteiger partial charge in [0.1, 0.15) is 6.10 Å². The molecule has 6 heteroatoms. The maximum Gasteiger partial charge on any atom is 0.303 e. The highest BCUT2D eigenvalue weighted by Crippen LogP contribution is 2.40. The molecule has 0 saturated heterocycles. The quantitative estimate of drug-likeness (QED) is 0.0953. The van der Waals surface area contributed by atoms with E-state index in [4.69, 9.17) is 13.6 Å². The average Bonchev–Trinajstić information content (AvgIpc) is 2.87. The number of unbranched alkanes of at least 4 members (excludes halogenated alkanes) is 1. The van der Waals surface area contributed by atoms with Crippen molar-refractivity contribution in [1.29, 1.82) is 0 Å². The van der Waals surface area contributed by atoms with Gasteiger partial charge in [0.2, 0.25) is 0 Å². The zero-order chi connectivity index (χ0) is 31.1. The third kappa shape index (κ3) is 9.00. The zero-order valence-electron chi connectivity index (χ0n) is 27.7. The molecule has 0 aliphatic rings. The lowest BCUT2D eigenvalue weighted by atomic mass is 9.90. The Morgan fingerprint density at radius 2 is 1.32 bits per heavy atom. The number of carbonyl (C=O) groups is 1. The van der Waals surface area contributed by atoms with Gasteiger partial charge in [-0.3, -0.25) is 4.79 Å². The molecule has 3 atom stereocenters. The van der Waals surface area contributed by atoms with Gasteiger partial charge in [-0.15, -0.1) is 0 Å². The van der Waals surface area contributed by atoms with Crippen LogP contribution in [0.4, 0.5) is 0 Å².